The van der Waals surface area contributed by atoms with Crippen LogP contribution in [0, 0.1) is 5.92 Å². The number of imide groups is 1. The number of aromatic nitrogens is 1. The van der Waals surface area contributed by atoms with Crippen molar-refractivity contribution in [3.05, 3.63) is 35.5 Å². The number of fused-ring (bicyclic) bond motifs is 5. The van der Waals surface area contributed by atoms with Crippen molar-refractivity contribution in [2.45, 2.75) is 18.8 Å². The van der Waals surface area contributed by atoms with Crippen molar-refractivity contribution in [2.24, 2.45) is 5.92 Å². The SMILES string of the molecule is CN1C(=O)[C@@H]2CCc3[nH]c4ccccc4c3[C@@H]2C1=O. The van der Waals surface area contributed by atoms with Gasteiger partial charge in [-0.25, -0.2) is 0 Å². The topological polar surface area (TPSA) is 53.2 Å². The minimum absolute atomic E-state index is 0.0223. The number of hydrogen-bond donors (Lipinski definition) is 1. The number of likely N-dealkylation sites (N-methyl/N-ethyl adjacent to an activating group) is 1. The Hall–Kier alpha value is -2.10. The Morgan fingerprint density at radius 2 is 2.00 bits per heavy atom. The number of nitrogens with one attached hydrogen (secondary N) is 1. The Morgan fingerprint density at radius 3 is 2.84 bits per heavy atom. The number of likely N-dealkylation sites (tertiary alicyclic amines) is 1. The van der Waals surface area contributed by atoms with Crippen molar-refractivity contribution in [1.29, 1.82) is 0 Å². The molecule has 1 aromatic carbocycles. The molecule has 0 unspecified atom stereocenters. The summed E-state index contributed by atoms with van der Waals surface area (Å²) in [5.74, 6) is -0.520. The monoisotopic (exact) mass is 254 g/mol. The summed E-state index contributed by atoms with van der Waals surface area (Å²) in [6.07, 6.45) is 1.61. The third kappa shape index (κ3) is 1.23. The number of benzene rings is 1. The lowest BCUT2D eigenvalue weighted by Crippen LogP contribution is -2.25. The van der Waals surface area contributed by atoms with Gasteiger partial charge in [0.25, 0.3) is 0 Å². The van der Waals surface area contributed by atoms with Crippen LogP contribution in [0.5, 0.6) is 0 Å². The van der Waals surface area contributed by atoms with E-state index in [0.29, 0.717) is 0 Å². The zero-order valence-corrected chi connectivity index (χ0v) is 10.6. The van der Waals surface area contributed by atoms with Gasteiger partial charge in [0.2, 0.25) is 11.8 Å². The highest BCUT2D eigenvalue weighted by molar-refractivity contribution is 6.09. The molecule has 1 N–H and O–H groups in total. The van der Waals surface area contributed by atoms with Gasteiger partial charge in [-0.2, -0.15) is 0 Å². The van der Waals surface area contributed by atoms with E-state index in [4.69, 9.17) is 0 Å². The summed E-state index contributed by atoms with van der Waals surface area (Å²) in [5.41, 5.74) is 3.23. The molecule has 19 heavy (non-hydrogen) atoms. The highest BCUT2D eigenvalue weighted by atomic mass is 16.2. The molecule has 1 fully saturated rings. The molecule has 1 saturated heterocycles. The van der Waals surface area contributed by atoms with Gasteiger partial charge in [0, 0.05) is 23.6 Å². The van der Waals surface area contributed by atoms with Gasteiger partial charge < -0.3 is 4.98 Å². The summed E-state index contributed by atoms with van der Waals surface area (Å²) in [6.45, 7) is 0. The van der Waals surface area contributed by atoms with Crippen molar-refractivity contribution in [2.75, 3.05) is 7.05 Å². The standard InChI is InChI=1S/C15H14N2O2/c1-17-14(18)9-6-7-11-12(13(9)15(17)19)8-4-2-3-5-10(8)16-11/h2-5,9,13,16H,6-7H2,1H3/t9-,13-/m1/s1. The fourth-order valence-corrected chi connectivity index (χ4v) is 3.57. The molecule has 0 spiro atoms. The van der Waals surface area contributed by atoms with E-state index in [1.807, 2.05) is 24.3 Å². The van der Waals surface area contributed by atoms with Crippen LogP contribution in [0.1, 0.15) is 23.6 Å². The summed E-state index contributed by atoms with van der Waals surface area (Å²) in [5, 5.41) is 1.09. The van der Waals surface area contributed by atoms with Crippen LogP contribution in [-0.2, 0) is 16.0 Å². The predicted octanol–water partition coefficient (Wildman–Crippen LogP) is 1.81. The van der Waals surface area contributed by atoms with Crippen molar-refractivity contribution in [3.63, 3.8) is 0 Å². The van der Waals surface area contributed by atoms with E-state index in [-0.39, 0.29) is 23.7 Å². The second-order valence-electron chi connectivity index (χ2n) is 5.42. The average molecular weight is 254 g/mol. The van der Waals surface area contributed by atoms with Crippen molar-refractivity contribution >= 4 is 22.7 Å². The molecule has 0 radical (unpaired) electrons. The molecule has 1 aromatic heterocycles. The summed E-state index contributed by atoms with van der Waals surface area (Å²) in [4.78, 5) is 29.2. The average Bonchev–Trinajstić information content (AvgIpc) is 2.91. The number of nitrogens with zero attached hydrogens (tertiary/aromatic N) is 1. The molecule has 1 aliphatic heterocycles. The number of H-pyrrole nitrogens is 1. The Bertz CT molecular complexity index is 716. The maximum Gasteiger partial charge on any atom is 0.237 e. The number of rotatable bonds is 0. The van der Waals surface area contributed by atoms with Gasteiger partial charge in [-0.15, -0.1) is 0 Å². The molecule has 2 aromatic rings. The van der Waals surface area contributed by atoms with E-state index < -0.39 is 0 Å². The fourth-order valence-electron chi connectivity index (χ4n) is 3.57. The third-order valence-corrected chi connectivity index (χ3v) is 4.49. The number of carbonyl (C=O) groups excluding carboxylic acids is 2. The molecule has 1 aliphatic carbocycles. The van der Waals surface area contributed by atoms with Crippen molar-refractivity contribution in [3.8, 4) is 0 Å². The van der Waals surface area contributed by atoms with Gasteiger partial charge in [0.15, 0.2) is 0 Å². The molecular weight excluding hydrogens is 240 g/mol. The van der Waals surface area contributed by atoms with Crippen molar-refractivity contribution in [1.82, 2.24) is 9.88 Å². The summed E-state index contributed by atoms with van der Waals surface area (Å²) < 4.78 is 0. The normalized spacial score (nSPS) is 25.8. The molecule has 2 heterocycles. The van der Waals surface area contributed by atoms with Crippen LogP contribution >= 0.6 is 0 Å². The molecule has 0 bridgehead atoms. The van der Waals surface area contributed by atoms with Crippen LogP contribution in [0.25, 0.3) is 10.9 Å². The first-order chi connectivity index (χ1) is 9.18. The second kappa shape index (κ2) is 3.47. The number of amides is 2. The summed E-state index contributed by atoms with van der Waals surface area (Å²) >= 11 is 0. The van der Waals surface area contributed by atoms with Gasteiger partial charge in [0.1, 0.15) is 0 Å². The molecule has 4 rings (SSSR count). The molecule has 4 nitrogen and oxygen atoms in total. The van der Waals surface area contributed by atoms with Gasteiger partial charge in [0.05, 0.1) is 11.8 Å². The Balaban J connectivity index is 1.99. The Labute approximate surface area is 110 Å². The molecule has 4 heteroatoms. The van der Waals surface area contributed by atoms with Gasteiger partial charge in [-0.1, -0.05) is 18.2 Å². The van der Waals surface area contributed by atoms with Gasteiger partial charge in [-0.3, -0.25) is 14.5 Å². The molecular formula is C15H14N2O2. The van der Waals surface area contributed by atoms with E-state index in [9.17, 15) is 9.59 Å². The second-order valence-corrected chi connectivity index (χ2v) is 5.42. The minimum Gasteiger partial charge on any atom is -0.358 e. The first kappa shape index (κ1) is 10.8. The number of aryl methyl sites for hydroxylation is 1. The number of hydrogen-bond acceptors (Lipinski definition) is 2. The van der Waals surface area contributed by atoms with Gasteiger partial charge >= 0.3 is 0 Å². The van der Waals surface area contributed by atoms with Crippen LogP contribution < -0.4 is 0 Å². The molecule has 96 valence electrons. The van der Waals surface area contributed by atoms with E-state index in [1.54, 1.807) is 7.05 Å². The van der Waals surface area contributed by atoms with Crippen LogP contribution in [-0.4, -0.2) is 28.7 Å². The maximum absolute atomic E-state index is 12.3. The lowest BCUT2D eigenvalue weighted by atomic mass is 9.78. The molecule has 0 saturated carbocycles. The lowest BCUT2D eigenvalue weighted by molar-refractivity contribution is -0.137. The zero-order chi connectivity index (χ0) is 13.1. The zero-order valence-electron chi connectivity index (χ0n) is 10.6. The smallest absolute Gasteiger partial charge is 0.237 e. The van der Waals surface area contributed by atoms with E-state index >= 15 is 0 Å². The quantitative estimate of drug-likeness (QED) is 0.729. The Kier molecular flexibility index (Phi) is 1.97. The third-order valence-electron chi connectivity index (χ3n) is 4.49. The van der Waals surface area contributed by atoms with Gasteiger partial charge in [-0.05, 0) is 24.5 Å². The fraction of sp³-hybridized carbons (Fsp3) is 0.333. The molecule has 2 aliphatic rings. The predicted molar refractivity (Wildman–Crippen MR) is 70.6 cm³/mol. The first-order valence-electron chi connectivity index (χ1n) is 6.59. The number of carbonyl (C=O) groups is 2. The molecule has 2 amide bonds. The van der Waals surface area contributed by atoms with Crippen LogP contribution in [0.3, 0.4) is 0 Å². The number of para-hydroxylation sites is 1. The summed E-state index contributed by atoms with van der Waals surface area (Å²) in [7, 11) is 1.59. The highest BCUT2D eigenvalue weighted by Gasteiger charge is 2.49. The summed E-state index contributed by atoms with van der Waals surface area (Å²) in [6, 6.07) is 8.01. The van der Waals surface area contributed by atoms with E-state index in [0.717, 1.165) is 35.0 Å². The van der Waals surface area contributed by atoms with E-state index in [2.05, 4.69) is 4.98 Å². The largest absolute Gasteiger partial charge is 0.358 e. The van der Waals surface area contributed by atoms with Crippen LogP contribution in [0.4, 0.5) is 0 Å². The minimum atomic E-state index is -0.280. The highest BCUT2D eigenvalue weighted by Crippen LogP contribution is 2.45. The molecule has 2 atom stereocenters. The number of aromatic amines is 1. The Morgan fingerprint density at radius 1 is 1.21 bits per heavy atom. The van der Waals surface area contributed by atoms with Crippen LogP contribution in [0.2, 0.25) is 0 Å². The van der Waals surface area contributed by atoms with Crippen molar-refractivity contribution < 1.29 is 9.59 Å². The maximum atomic E-state index is 12.3. The lowest BCUT2D eigenvalue weighted by Gasteiger charge is -2.21. The first-order valence-corrected chi connectivity index (χ1v) is 6.59. The van der Waals surface area contributed by atoms with Crippen LogP contribution in [0.15, 0.2) is 24.3 Å². The van der Waals surface area contributed by atoms with E-state index in [1.165, 1.54) is 4.90 Å².